The molecule has 3 heterocycles. The van der Waals surface area contributed by atoms with E-state index in [9.17, 15) is 9.60 Å². The van der Waals surface area contributed by atoms with E-state index in [-0.39, 0.29) is 17.0 Å². The van der Waals surface area contributed by atoms with Gasteiger partial charge in [-0.15, -0.1) is 0 Å². The number of allylic oxidation sites excluding steroid dienone is 1. The van der Waals surface area contributed by atoms with Gasteiger partial charge in [-0.25, -0.2) is 14.4 Å². The predicted octanol–water partition coefficient (Wildman–Crippen LogP) is 1.37. The smallest absolute Gasteiger partial charge is 0.191 e. The lowest BCUT2D eigenvalue weighted by atomic mass is 10.0. The van der Waals surface area contributed by atoms with Gasteiger partial charge >= 0.3 is 0 Å². The van der Waals surface area contributed by atoms with E-state index in [2.05, 4.69) is 26.7 Å². The second kappa shape index (κ2) is 9.06. The van der Waals surface area contributed by atoms with Crippen LogP contribution < -0.4 is 10.4 Å². The maximum atomic E-state index is 13.8. The summed E-state index contributed by atoms with van der Waals surface area (Å²) in [6.07, 6.45) is 6.79. The molecule has 1 aliphatic rings. The fourth-order valence-electron chi connectivity index (χ4n) is 2.75. The molecule has 0 unspecified atom stereocenters. The first kappa shape index (κ1) is 19.5. The Morgan fingerprint density at radius 1 is 1.23 bits per heavy atom. The summed E-state index contributed by atoms with van der Waals surface area (Å²) in [5.41, 5.74) is 3.37. The topological polar surface area (TPSA) is 100 Å². The van der Waals surface area contributed by atoms with Crippen LogP contribution in [0.2, 0.25) is 0 Å². The number of halogens is 1. The van der Waals surface area contributed by atoms with Gasteiger partial charge in [0.05, 0.1) is 0 Å². The molecule has 0 amide bonds. The minimum Gasteiger partial charge on any atom is -0.630 e. The van der Waals surface area contributed by atoms with E-state index in [1.54, 1.807) is 37.5 Å². The molecule has 0 atom stereocenters. The van der Waals surface area contributed by atoms with E-state index in [1.807, 2.05) is 6.08 Å². The summed E-state index contributed by atoms with van der Waals surface area (Å²) >= 11 is 0. The van der Waals surface area contributed by atoms with Crippen molar-refractivity contribution >= 4 is 11.5 Å². The van der Waals surface area contributed by atoms with Gasteiger partial charge in [-0.3, -0.25) is 0 Å². The fourth-order valence-corrected chi connectivity index (χ4v) is 2.75. The van der Waals surface area contributed by atoms with Gasteiger partial charge in [-0.2, -0.15) is 0 Å². The number of aryl methyl sites for hydroxylation is 1. The zero-order valence-corrected chi connectivity index (χ0v) is 14.5. The zero-order valence-electron chi connectivity index (χ0n) is 14.5. The summed E-state index contributed by atoms with van der Waals surface area (Å²) in [6.45, 7) is 3.26. The van der Waals surface area contributed by atoms with Crippen LogP contribution in [0, 0.1) is 29.8 Å². The molecule has 2 aromatic heterocycles. The highest BCUT2D eigenvalue weighted by Crippen LogP contribution is 2.24. The van der Waals surface area contributed by atoms with Gasteiger partial charge in [0.2, 0.25) is 0 Å². The summed E-state index contributed by atoms with van der Waals surface area (Å²) in [5, 5.41) is 11.1. The van der Waals surface area contributed by atoms with Gasteiger partial charge in [0.15, 0.2) is 17.3 Å². The standard InChI is InChI=1S/C19H19FN4O.H2O/c1-14-7-11-21-16(18(14)20)5-2-4-15-8-12-24(13-9-15)19-17(23-25)6-3-10-22-19;/h3-4,6-7,10-11H,8-9,12-13,23H2,1H3;1H2. The number of rotatable bonds is 2. The van der Waals surface area contributed by atoms with Crippen LogP contribution in [0.3, 0.4) is 0 Å². The predicted molar refractivity (Wildman–Crippen MR) is 98.1 cm³/mol. The van der Waals surface area contributed by atoms with Gasteiger partial charge in [-0.05, 0) is 49.5 Å². The summed E-state index contributed by atoms with van der Waals surface area (Å²) in [6, 6.07) is 5.16. The second-order valence-electron chi connectivity index (χ2n) is 5.88. The van der Waals surface area contributed by atoms with Crippen molar-refractivity contribution in [3.63, 3.8) is 0 Å². The molecule has 0 aromatic carbocycles. The molecule has 1 aliphatic heterocycles. The van der Waals surface area contributed by atoms with Gasteiger partial charge in [0.25, 0.3) is 0 Å². The number of pyridine rings is 2. The molecule has 136 valence electrons. The molecule has 0 aliphatic carbocycles. The van der Waals surface area contributed by atoms with Crippen molar-refractivity contribution < 1.29 is 15.3 Å². The van der Waals surface area contributed by atoms with E-state index in [1.165, 1.54) is 5.57 Å². The van der Waals surface area contributed by atoms with Crippen LogP contribution in [-0.2, 0) is 0 Å². The molecular formula is C19H21FN4O2. The number of aromatic nitrogens is 2. The SMILES string of the molecule is Cc1ccnc(C#CC=C2CCN(c3ncccc3[NH2+][O-])CC2)c1F.O. The van der Waals surface area contributed by atoms with Crippen LogP contribution in [0.15, 0.2) is 42.2 Å². The van der Waals surface area contributed by atoms with E-state index < -0.39 is 0 Å². The molecule has 2 aromatic rings. The molecule has 7 heteroatoms. The minimum atomic E-state index is -0.361. The van der Waals surface area contributed by atoms with Crippen molar-refractivity contribution in [1.82, 2.24) is 9.97 Å². The average Bonchev–Trinajstić information content (AvgIpc) is 2.66. The van der Waals surface area contributed by atoms with Crippen LogP contribution in [0.25, 0.3) is 0 Å². The lowest BCUT2D eigenvalue weighted by molar-refractivity contribution is -0.496. The highest BCUT2D eigenvalue weighted by atomic mass is 19.1. The zero-order chi connectivity index (χ0) is 17.6. The van der Waals surface area contributed by atoms with Crippen molar-refractivity contribution in [3.05, 3.63) is 64.5 Å². The molecule has 1 fully saturated rings. The van der Waals surface area contributed by atoms with Crippen molar-refractivity contribution in [2.45, 2.75) is 19.8 Å². The van der Waals surface area contributed by atoms with Crippen molar-refractivity contribution in [2.24, 2.45) is 0 Å². The molecule has 6 nitrogen and oxygen atoms in total. The second-order valence-corrected chi connectivity index (χ2v) is 5.88. The molecule has 3 rings (SSSR count). The van der Waals surface area contributed by atoms with Crippen molar-refractivity contribution in [1.29, 1.82) is 0 Å². The van der Waals surface area contributed by atoms with Crippen LogP contribution in [-0.4, -0.2) is 28.5 Å². The first-order valence-electron chi connectivity index (χ1n) is 8.14. The number of piperidine rings is 1. The minimum absolute atomic E-state index is 0. The van der Waals surface area contributed by atoms with Crippen molar-refractivity contribution in [3.8, 4) is 11.8 Å². The third kappa shape index (κ3) is 4.43. The number of hydrogen-bond donors (Lipinski definition) is 1. The van der Waals surface area contributed by atoms with E-state index in [4.69, 9.17) is 0 Å². The Hall–Kier alpha value is -2.79. The Balaban J connectivity index is 0.00000243. The van der Waals surface area contributed by atoms with E-state index in [0.29, 0.717) is 11.3 Å². The maximum Gasteiger partial charge on any atom is 0.191 e. The van der Waals surface area contributed by atoms with E-state index >= 15 is 0 Å². The summed E-state index contributed by atoms with van der Waals surface area (Å²) in [5.74, 6) is 6.06. The van der Waals surface area contributed by atoms with Gasteiger partial charge in [-0.1, -0.05) is 11.5 Å². The van der Waals surface area contributed by atoms with Crippen LogP contribution in [0.5, 0.6) is 0 Å². The molecule has 0 radical (unpaired) electrons. The normalized spacial score (nSPS) is 13.5. The Labute approximate surface area is 151 Å². The van der Waals surface area contributed by atoms with Gasteiger partial charge in [0, 0.05) is 31.5 Å². The summed E-state index contributed by atoms with van der Waals surface area (Å²) in [7, 11) is 0. The quantitative estimate of drug-likeness (QED) is 0.649. The van der Waals surface area contributed by atoms with Crippen LogP contribution in [0.1, 0.15) is 24.1 Å². The molecule has 0 bridgehead atoms. The number of nitrogens with zero attached hydrogens (tertiary/aromatic N) is 3. The van der Waals surface area contributed by atoms with Crippen molar-refractivity contribution in [2.75, 3.05) is 18.0 Å². The van der Waals surface area contributed by atoms with Crippen LogP contribution in [0.4, 0.5) is 15.9 Å². The highest BCUT2D eigenvalue weighted by Gasteiger charge is 2.18. The first-order chi connectivity index (χ1) is 12.2. The Bertz CT molecular complexity index is 848. The van der Waals surface area contributed by atoms with Gasteiger partial charge < -0.3 is 21.1 Å². The average molecular weight is 356 g/mol. The largest absolute Gasteiger partial charge is 0.630 e. The lowest BCUT2D eigenvalue weighted by Crippen LogP contribution is -2.70. The monoisotopic (exact) mass is 356 g/mol. The number of hydrogen-bond acceptors (Lipinski definition) is 4. The summed E-state index contributed by atoms with van der Waals surface area (Å²) in [4.78, 5) is 10.4. The third-order valence-electron chi connectivity index (χ3n) is 4.20. The molecular weight excluding hydrogens is 335 g/mol. The number of quaternary nitrogens is 1. The molecule has 4 N–H and O–H groups in total. The fraction of sp³-hybridized carbons (Fsp3) is 0.263. The summed E-state index contributed by atoms with van der Waals surface area (Å²) < 4.78 is 13.8. The Morgan fingerprint density at radius 3 is 2.73 bits per heavy atom. The maximum absolute atomic E-state index is 13.8. The van der Waals surface area contributed by atoms with E-state index in [0.717, 1.165) is 37.2 Å². The van der Waals surface area contributed by atoms with Gasteiger partial charge in [0.1, 0.15) is 5.69 Å². The Morgan fingerprint density at radius 2 is 2.00 bits per heavy atom. The third-order valence-corrected chi connectivity index (χ3v) is 4.20. The molecule has 0 spiro atoms. The lowest BCUT2D eigenvalue weighted by Gasteiger charge is -2.29. The number of anilines is 1. The number of nitrogens with two attached hydrogens (primary N) is 1. The molecule has 0 saturated carbocycles. The van der Waals surface area contributed by atoms with Crippen LogP contribution >= 0.6 is 0 Å². The first-order valence-corrected chi connectivity index (χ1v) is 8.14. The highest BCUT2D eigenvalue weighted by molar-refractivity contribution is 5.57. The molecule has 1 saturated heterocycles. The Kier molecular flexibility index (Phi) is 6.81. The molecule has 26 heavy (non-hydrogen) atoms.